The summed E-state index contributed by atoms with van der Waals surface area (Å²) in [5.41, 5.74) is 1.28. The van der Waals surface area contributed by atoms with E-state index in [-0.39, 0.29) is 19.7 Å². The van der Waals surface area contributed by atoms with Crippen molar-refractivity contribution in [1.82, 2.24) is 4.90 Å². The summed E-state index contributed by atoms with van der Waals surface area (Å²) in [4.78, 5) is 25.5. The van der Waals surface area contributed by atoms with Crippen LogP contribution in [0.15, 0.2) is 60.7 Å². The second-order valence-corrected chi connectivity index (χ2v) is 5.82. The van der Waals surface area contributed by atoms with Crippen LogP contribution in [-0.4, -0.2) is 47.4 Å². The average molecular weight is 341 g/mol. The normalized spacial score (nSPS) is 19.5. The fraction of sp³-hybridized carbons (Fsp3) is 0.263. The lowest BCUT2D eigenvalue weighted by Crippen LogP contribution is -2.31. The van der Waals surface area contributed by atoms with E-state index in [4.69, 9.17) is 9.47 Å². The Morgan fingerprint density at radius 1 is 1.00 bits per heavy atom. The van der Waals surface area contributed by atoms with E-state index in [0.717, 1.165) is 5.56 Å². The van der Waals surface area contributed by atoms with Gasteiger partial charge in [0.2, 0.25) is 0 Å². The van der Waals surface area contributed by atoms with Crippen LogP contribution in [0.1, 0.15) is 15.9 Å². The van der Waals surface area contributed by atoms with E-state index in [0.29, 0.717) is 5.56 Å². The highest BCUT2D eigenvalue weighted by Gasteiger charge is 2.37. The Morgan fingerprint density at radius 2 is 1.64 bits per heavy atom. The highest BCUT2D eigenvalue weighted by molar-refractivity contribution is 5.89. The maximum atomic E-state index is 12.1. The van der Waals surface area contributed by atoms with E-state index in [9.17, 15) is 14.7 Å². The van der Waals surface area contributed by atoms with Gasteiger partial charge in [-0.3, -0.25) is 0 Å². The summed E-state index contributed by atoms with van der Waals surface area (Å²) < 4.78 is 10.5. The fourth-order valence-corrected chi connectivity index (χ4v) is 2.61. The highest BCUT2D eigenvalue weighted by Crippen LogP contribution is 2.17. The standard InChI is InChI=1S/C19H19NO5/c21-16-11-20(19(23)24-13-14-7-3-1-4-8-14)12-17(16)25-18(22)15-9-5-2-6-10-15/h1-10,16-17,21H,11-13H2. The zero-order valence-corrected chi connectivity index (χ0v) is 13.6. The quantitative estimate of drug-likeness (QED) is 0.863. The Morgan fingerprint density at radius 3 is 2.32 bits per heavy atom. The van der Waals surface area contributed by atoms with Crippen molar-refractivity contribution in [2.45, 2.75) is 18.8 Å². The van der Waals surface area contributed by atoms with Gasteiger partial charge in [-0.05, 0) is 17.7 Å². The van der Waals surface area contributed by atoms with Crippen molar-refractivity contribution in [3.05, 3.63) is 71.8 Å². The molecule has 2 unspecified atom stereocenters. The first-order valence-corrected chi connectivity index (χ1v) is 8.03. The molecule has 1 N–H and O–H groups in total. The van der Waals surface area contributed by atoms with Gasteiger partial charge in [0.1, 0.15) is 18.8 Å². The van der Waals surface area contributed by atoms with Gasteiger partial charge in [0.05, 0.1) is 18.7 Å². The second kappa shape index (κ2) is 7.81. The summed E-state index contributed by atoms with van der Waals surface area (Å²) in [7, 11) is 0. The zero-order chi connectivity index (χ0) is 17.6. The smallest absolute Gasteiger partial charge is 0.410 e. The van der Waals surface area contributed by atoms with Gasteiger partial charge in [-0.15, -0.1) is 0 Å². The lowest BCUT2D eigenvalue weighted by Gasteiger charge is -2.16. The lowest BCUT2D eigenvalue weighted by atomic mass is 10.2. The topological polar surface area (TPSA) is 76.1 Å². The number of β-amino-alcohol motifs (C(OH)–C–C–N with tert-alkyl or cyclic N) is 1. The van der Waals surface area contributed by atoms with Crippen molar-refractivity contribution in [2.75, 3.05) is 13.1 Å². The third-order valence-corrected chi connectivity index (χ3v) is 3.97. The molecule has 6 heteroatoms. The molecule has 0 aromatic heterocycles. The number of hydrogen-bond donors (Lipinski definition) is 1. The molecule has 1 heterocycles. The number of amides is 1. The number of carbonyl (C=O) groups is 2. The molecule has 0 aliphatic carbocycles. The van der Waals surface area contributed by atoms with Gasteiger partial charge in [0, 0.05) is 0 Å². The number of aliphatic hydroxyl groups is 1. The molecule has 1 fully saturated rings. The third-order valence-electron chi connectivity index (χ3n) is 3.97. The first-order valence-electron chi connectivity index (χ1n) is 8.03. The first kappa shape index (κ1) is 17.0. The van der Waals surface area contributed by atoms with E-state index < -0.39 is 24.3 Å². The number of rotatable bonds is 4. The number of nitrogens with zero attached hydrogens (tertiary/aromatic N) is 1. The van der Waals surface area contributed by atoms with E-state index >= 15 is 0 Å². The molecule has 0 bridgehead atoms. The van der Waals surface area contributed by atoms with Crippen molar-refractivity contribution in [3.63, 3.8) is 0 Å². The number of aliphatic hydroxyl groups excluding tert-OH is 1. The van der Waals surface area contributed by atoms with Crippen molar-refractivity contribution < 1.29 is 24.2 Å². The van der Waals surface area contributed by atoms with Crippen LogP contribution < -0.4 is 0 Å². The minimum Gasteiger partial charge on any atom is -0.454 e. The minimum atomic E-state index is -0.933. The highest BCUT2D eigenvalue weighted by atomic mass is 16.6. The average Bonchev–Trinajstić information content (AvgIpc) is 3.02. The van der Waals surface area contributed by atoms with E-state index in [1.54, 1.807) is 30.3 Å². The van der Waals surface area contributed by atoms with Crippen LogP contribution in [0.25, 0.3) is 0 Å². The maximum Gasteiger partial charge on any atom is 0.410 e. The molecular formula is C19H19NO5. The molecule has 1 aliphatic rings. The zero-order valence-electron chi connectivity index (χ0n) is 13.6. The van der Waals surface area contributed by atoms with Gasteiger partial charge >= 0.3 is 12.1 Å². The fourth-order valence-electron chi connectivity index (χ4n) is 2.61. The Bertz CT molecular complexity index is 719. The molecule has 0 saturated carbocycles. The second-order valence-electron chi connectivity index (χ2n) is 5.82. The van der Waals surface area contributed by atoms with Gasteiger partial charge in [0.15, 0.2) is 0 Å². The maximum absolute atomic E-state index is 12.1. The number of benzene rings is 2. The molecule has 0 spiro atoms. The van der Waals surface area contributed by atoms with Crippen LogP contribution in [0.3, 0.4) is 0 Å². The molecule has 130 valence electrons. The number of ether oxygens (including phenoxy) is 2. The molecule has 1 amide bonds. The molecule has 2 atom stereocenters. The van der Waals surface area contributed by atoms with Gasteiger partial charge in [-0.1, -0.05) is 48.5 Å². The van der Waals surface area contributed by atoms with Crippen molar-refractivity contribution in [1.29, 1.82) is 0 Å². The summed E-state index contributed by atoms with van der Waals surface area (Å²) in [6, 6.07) is 17.9. The molecule has 2 aromatic carbocycles. The van der Waals surface area contributed by atoms with Crippen LogP contribution in [0, 0.1) is 0 Å². The Balaban J connectivity index is 1.52. The largest absolute Gasteiger partial charge is 0.454 e. The Hall–Kier alpha value is -2.86. The van der Waals surface area contributed by atoms with Crippen molar-refractivity contribution >= 4 is 12.1 Å². The van der Waals surface area contributed by atoms with Crippen LogP contribution in [0.5, 0.6) is 0 Å². The first-order chi connectivity index (χ1) is 12.1. The summed E-state index contributed by atoms with van der Waals surface area (Å²) in [5, 5.41) is 10.1. The van der Waals surface area contributed by atoms with Crippen LogP contribution in [-0.2, 0) is 16.1 Å². The Labute approximate surface area is 145 Å². The molecular weight excluding hydrogens is 322 g/mol. The van der Waals surface area contributed by atoms with Crippen LogP contribution in [0.2, 0.25) is 0 Å². The molecule has 6 nitrogen and oxygen atoms in total. The van der Waals surface area contributed by atoms with Crippen LogP contribution in [0.4, 0.5) is 4.79 Å². The van der Waals surface area contributed by atoms with Gasteiger partial charge < -0.3 is 19.5 Å². The SMILES string of the molecule is O=C(OC1CN(C(=O)OCc2ccccc2)CC1O)c1ccccc1. The third kappa shape index (κ3) is 4.36. The Kier molecular flexibility index (Phi) is 5.30. The molecule has 1 aliphatic heterocycles. The molecule has 25 heavy (non-hydrogen) atoms. The van der Waals surface area contributed by atoms with Crippen molar-refractivity contribution in [3.8, 4) is 0 Å². The predicted octanol–water partition coefficient (Wildman–Crippen LogP) is 2.23. The van der Waals surface area contributed by atoms with Crippen molar-refractivity contribution in [2.24, 2.45) is 0 Å². The summed E-state index contributed by atoms with van der Waals surface area (Å²) >= 11 is 0. The van der Waals surface area contributed by atoms with Gasteiger partial charge in [0.25, 0.3) is 0 Å². The molecule has 3 rings (SSSR count). The van der Waals surface area contributed by atoms with E-state index in [1.165, 1.54) is 4.90 Å². The van der Waals surface area contributed by atoms with Crippen LogP contribution >= 0.6 is 0 Å². The number of hydrogen-bond acceptors (Lipinski definition) is 5. The van der Waals surface area contributed by atoms with Gasteiger partial charge in [-0.25, -0.2) is 9.59 Å². The summed E-state index contributed by atoms with van der Waals surface area (Å²) in [5.74, 6) is -0.524. The van der Waals surface area contributed by atoms with E-state index in [1.807, 2.05) is 30.3 Å². The van der Waals surface area contributed by atoms with Gasteiger partial charge in [-0.2, -0.15) is 0 Å². The molecule has 1 saturated heterocycles. The minimum absolute atomic E-state index is 0.0698. The lowest BCUT2D eigenvalue weighted by molar-refractivity contribution is 0.00165. The predicted molar refractivity (Wildman–Crippen MR) is 89.9 cm³/mol. The number of carbonyl (C=O) groups excluding carboxylic acids is 2. The monoisotopic (exact) mass is 341 g/mol. The summed E-state index contributed by atoms with van der Waals surface area (Å²) in [6.45, 7) is 0.328. The summed E-state index contributed by atoms with van der Waals surface area (Å²) in [6.07, 6.45) is -2.24. The molecule has 2 aromatic rings. The number of esters is 1. The molecule has 0 radical (unpaired) electrons. The number of likely N-dealkylation sites (tertiary alicyclic amines) is 1. The van der Waals surface area contributed by atoms with E-state index in [2.05, 4.69) is 0 Å².